The lowest BCUT2D eigenvalue weighted by molar-refractivity contribution is -0.460. The fourth-order valence-corrected chi connectivity index (χ4v) is 3.72. The maximum absolute atomic E-state index is 13.8. The minimum atomic E-state index is -7.19. The second-order valence-electron chi connectivity index (χ2n) is 9.15. The van der Waals surface area contributed by atoms with Gasteiger partial charge in [-0.2, -0.15) is 70.2 Å². The predicted molar refractivity (Wildman–Crippen MR) is 88.0 cm³/mol. The minimum Gasteiger partial charge on any atom is -0.351 e. The van der Waals surface area contributed by atoms with Crippen molar-refractivity contribution in [1.82, 2.24) is 0 Å². The molecule has 1 fully saturated rings. The van der Waals surface area contributed by atoms with Gasteiger partial charge < -0.3 is 9.47 Å². The molecule has 0 spiro atoms. The molecule has 0 saturated heterocycles. The van der Waals surface area contributed by atoms with E-state index in [0.29, 0.717) is 0 Å². The van der Waals surface area contributed by atoms with Gasteiger partial charge in [0.05, 0.1) is 13.2 Å². The van der Waals surface area contributed by atoms with Crippen LogP contribution in [-0.2, 0) is 9.47 Å². The van der Waals surface area contributed by atoms with E-state index in [1.165, 1.54) is 0 Å². The number of hydrogen-bond donors (Lipinski definition) is 0. The van der Waals surface area contributed by atoms with E-state index in [-0.39, 0.29) is 25.7 Å². The molecular formula is C18H20F16O2. The Morgan fingerprint density at radius 3 is 1.22 bits per heavy atom. The van der Waals surface area contributed by atoms with E-state index in [1.807, 2.05) is 0 Å². The van der Waals surface area contributed by atoms with Gasteiger partial charge in [-0.1, -0.05) is 13.8 Å². The largest absolute Gasteiger partial charge is 0.458 e. The fourth-order valence-electron chi connectivity index (χ4n) is 3.72. The van der Waals surface area contributed by atoms with Gasteiger partial charge in [-0.25, -0.2) is 0 Å². The first-order valence-electron chi connectivity index (χ1n) is 9.93. The van der Waals surface area contributed by atoms with Crippen molar-refractivity contribution in [2.75, 3.05) is 13.2 Å². The zero-order chi connectivity index (χ0) is 28.8. The van der Waals surface area contributed by atoms with Crippen molar-refractivity contribution >= 4 is 0 Å². The molecule has 0 aromatic heterocycles. The zero-order valence-electron chi connectivity index (χ0n) is 18.3. The van der Waals surface area contributed by atoms with Crippen molar-refractivity contribution in [3.63, 3.8) is 0 Å². The summed E-state index contributed by atoms with van der Waals surface area (Å²) in [5, 5.41) is 0. The van der Waals surface area contributed by atoms with Gasteiger partial charge in [0, 0.05) is 5.92 Å². The molecule has 1 unspecified atom stereocenters. The summed E-state index contributed by atoms with van der Waals surface area (Å²) in [6.45, 7) is -1.18. The Labute approximate surface area is 193 Å². The van der Waals surface area contributed by atoms with E-state index in [1.54, 1.807) is 13.8 Å². The molecular weight excluding hydrogens is 552 g/mol. The lowest BCUT2D eigenvalue weighted by atomic mass is 9.69. The molecule has 2 nitrogen and oxygen atoms in total. The number of alkyl halides is 16. The van der Waals surface area contributed by atoms with Gasteiger partial charge in [-0.05, 0) is 37.0 Å². The number of rotatable bonds is 7. The first-order valence-corrected chi connectivity index (χ1v) is 9.93. The first-order chi connectivity index (χ1) is 15.6. The van der Waals surface area contributed by atoms with E-state index in [0.717, 1.165) is 0 Å². The Morgan fingerprint density at radius 2 is 0.917 bits per heavy atom. The maximum Gasteiger partial charge on any atom is 0.458 e. The van der Waals surface area contributed by atoms with E-state index < -0.39 is 72.8 Å². The van der Waals surface area contributed by atoms with Gasteiger partial charge >= 0.3 is 42.3 Å². The Kier molecular flexibility index (Phi) is 8.97. The van der Waals surface area contributed by atoms with E-state index in [9.17, 15) is 70.2 Å². The standard InChI is InChI=1S/C18H20F16O2/c1-11(2)5-3-9(4-6-11)10(8-36-13(19,17(29,30)31)18(32,33)34)7-35-12(14(20,21)22,15(23,24)25)16(26,27)28/h9-10H,3-8H2,1-2H3. The van der Waals surface area contributed by atoms with Crippen LogP contribution in [0.15, 0.2) is 0 Å². The molecule has 216 valence electrons. The summed E-state index contributed by atoms with van der Waals surface area (Å²) >= 11 is 0. The highest BCUT2D eigenvalue weighted by Gasteiger charge is 2.85. The van der Waals surface area contributed by atoms with Crippen LogP contribution in [0.25, 0.3) is 0 Å². The highest BCUT2D eigenvalue weighted by molar-refractivity contribution is 5.02. The minimum absolute atomic E-state index is 0.0937. The zero-order valence-corrected chi connectivity index (χ0v) is 18.3. The van der Waals surface area contributed by atoms with Crippen molar-refractivity contribution in [2.45, 2.75) is 81.9 Å². The average Bonchev–Trinajstić information content (AvgIpc) is 2.59. The van der Waals surface area contributed by atoms with Crippen molar-refractivity contribution in [2.24, 2.45) is 17.3 Å². The Hall–Kier alpha value is -1.20. The van der Waals surface area contributed by atoms with E-state index in [4.69, 9.17) is 0 Å². The molecule has 0 bridgehead atoms. The Balaban J connectivity index is 3.42. The monoisotopic (exact) mass is 572 g/mol. The van der Waals surface area contributed by atoms with Crippen molar-refractivity contribution < 1.29 is 79.7 Å². The van der Waals surface area contributed by atoms with Gasteiger partial charge in [0.2, 0.25) is 0 Å². The van der Waals surface area contributed by atoms with Crippen LogP contribution < -0.4 is 0 Å². The van der Waals surface area contributed by atoms with Crippen LogP contribution in [0.3, 0.4) is 0 Å². The number of ether oxygens (including phenoxy) is 2. The van der Waals surface area contributed by atoms with E-state index in [2.05, 4.69) is 9.47 Å². The van der Waals surface area contributed by atoms with Crippen LogP contribution in [0.5, 0.6) is 0 Å². The molecule has 36 heavy (non-hydrogen) atoms. The molecule has 1 saturated carbocycles. The highest BCUT2D eigenvalue weighted by Crippen LogP contribution is 2.55. The number of halogens is 16. The van der Waals surface area contributed by atoms with Gasteiger partial charge in [0.15, 0.2) is 0 Å². The molecule has 0 aromatic carbocycles. The van der Waals surface area contributed by atoms with Gasteiger partial charge in [0.25, 0.3) is 0 Å². The summed E-state index contributed by atoms with van der Waals surface area (Å²) in [5.41, 5.74) is -7.34. The molecule has 1 aliphatic carbocycles. The predicted octanol–water partition coefficient (Wildman–Crippen LogP) is 8.07. The van der Waals surface area contributed by atoms with Crippen LogP contribution in [0.2, 0.25) is 0 Å². The molecule has 0 amide bonds. The molecule has 0 radical (unpaired) electrons. The Morgan fingerprint density at radius 1 is 0.583 bits per heavy atom. The quantitative estimate of drug-likeness (QED) is 0.288. The molecule has 18 heteroatoms. The SMILES string of the molecule is CC1(C)CCC(C(COC(F)(C(F)(F)F)C(F)(F)F)COC(C(F)(F)F)(C(F)(F)F)C(F)(F)F)CC1. The summed E-state index contributed by atoms with van der Waals surface area (Å²) < 4.78 is 215. The maximum atomic E-state index is 13.8. The third kappa shape index (κ3) is 6.43. The molecule has 1 atom stereocenters. The summed E-state index contributed by atoms with van der Waals surface area (Å²) in [6, 6.07) is 0. The van der Waals surface area contributed by atoms with Crippen molar-refractivity contribution in [1.29, 1.82) is 0 Å². The molecule has 1 rings (SSSR count). The third-order valence-corrected chi connectivity index (χ3v) is 5.99. The molecule has 0 aromatic rings. The van der Waals surface area contributed by atoms with Crippen LogP contribution in [0.4, 0.5) is 70.2 Å². The number of hydrogen-bond acceptors (Lipinski definition) is 2. The molecule has 0 heterocycles. The summed E-state index contributed by atoms with van der Waals surface area (Å²) in [6.07, 6.45) is -35.5. The molecule has 0 aliphatic heterocycles. The molecule has 1 aliphatic rings. The summed E-state index contributed by atoms with van der Waals surface area (Å²) in [7, 11) is 0. The molecule has 0 N–H and O–H groups in total. The normalized spacial score (nSPS) is 20.5. The van der Waals surface area contributed by atoms with Gasteiger partial charge in [0.1, 0.15) is 0 Å². The van der Waals surface area contributed by atoms with Crippen molar-refractivity contribution in [3.05, 3.63) is 0 Å². The average molecular weight is 572 g/mol. The van der Waals surface area contributed by atoms with E-state index >= 15 is 0 Å². The smallest absolute Gasteiger partial charge is 0.351 e. The third-order valence-electron chi connectivity index (χ3n) is 5.99. The second kappa shape index (κ2) is 9.84. The lowest BCUT2D eigenvalue weighted by Gasteiger charge is -2.42. The van der Waals surface area contributed by atoms with Crippen LogP contribution in [-0.4, -0.2) is 55.6 Å². The van der Waals surface area contributed by atoms with Gasteiger partial charge in [-0.3, -0.25) is 0 Å². The first kappa shape index (κ1) is 32.8. The van der Waals surface area contributed by atoms with Gasteiger partial charge in [-0.15, -0.1) is 0 Å². The van der Waals surface area contributed by atoms with Crippen molar-refractivity contribution in [3.8, 4) is 0 Å². The van der Waals surface area contributed by atoms with Crippen LogP contribution in [0.1, 0.15) is 39.5 Å². The Bertz CT molecular complexity index is 668. The van der Waals surface area contributed by atoms with Crippen LogP contribution in [0, 0.1) is 17.3 Å². The fraction of sp³-hybridized carbons (Fsp3) is 1.00. The summed E-state index contributed by atoms with van der Waals surface area (Å²) in [5.74, 6) is -10.1. The summed E-state index contributed by atoms with van der Waals surface area (Å²) in [4.78, 5) is 0. The second-order valence-corrected chi connectivity index (χ2v) is 9.15. The lowest BCUT2D eigenvalue weighted by Crippen LogP contribution is -2.68. The highest BCUT2D eigenvalue weighted by atomic mass is 19.4. The topological polar surface area (TPSA) is 18.5 Å². The van der Waals surface area contributed by atoms with Crippen LogP contribution >= 0.6 is 0 Å².